The van der Waals surface area contributed by atoms with Gasteiger partial charge in [-0.1, -0.05) is 24.3 Å². The number of ether oxygens (including phenoxy) is 2. The van der Waals surface area contributed by atoms with Crippen molar-refractivity contribution in [1.82, 2.24) is 0 Å². The Kier molecular flexibility index (Phi) is 12.0. The Bertz CT molecular complexity index is 480. The molecule has 0 saturated carbocycles. The third-order valence-corrected chi connectivity index (χ3v) is 8.93. The molecule has 0 atom stereocenters. The van der Waals surface area contributed by atoms with Crippen LogP contribution in [0, 0.1) is 0 Å². The number of thioether (sulfide) groups is 4. The second kappa shape index (κ2) is 13.9. The number of carbonyl (C=O) groups excluding carboxylic acids is 2. The van der Waals surface area contributed by atoms with Crippen LogP contribution in [0.2, 0.25) is 0 Å². The fourth-order valence-electron chi connectivity index (χ4n) is 2.68. The smallest absolute Gasteiger partial charge is 0.306 e. The molecule has 0 spiro atoms. The predicted octanol–water partition coefficient (Wildman–Crippen LogP) is 4.44. The van der Waals surface area contributed by atoms with Crippen LogP contribution in [0.4, 0.5) is 0 Å². The van der Waals surface area contributed by atoms with E-state index in [0.29, 0.717) is 25.7 Å². The molecule has 0 aliphatic carbocycles. The highest BCUT2D eigenvalue weighted by Crippen LogP contribution is 2.22. The second-order valence-corrected chi connectivity index (χ2v) is 11.1. The van der Waals surface area contributed by atoms with Gasteiger partial charge in [0, 0.05) is 58.9 Å². The molecule has 158 valence electrons. The highest BCUT2D eigenvalue weighted by molar-refractivity contribution is 8.01. The van der Waals surface area contributed by atoms with E-state index in [-0.39, 0.29) is 24.1 Å². The normalized spacial score (nSPS) is 20.6. The van der Waals surface area contributed by atoms with Gasteiger partial charge in [0.15, 0.2) is 0 Å². The van der Waals surface area contributed by atoms with Crippen molar-refractivity contribution in [2.45, 2.75) is 37.9 Å². The van der Waals surface area contributed by atoms with Crippen LogP contribution in [0.5, 0.6) is 0 Å². The van der Waals surface area contributed by atoms with Gasteiger partial charge in [0.05, 0.1) is 0 Å². The van der Waals surface area contributed by atoms with E-state index in [9.17, 15) is 9.59 Å². The SMILES string of the molecule is C=C1CSCC(OC(=O)CCCCC(=O)OC2CSCC(=C)CSC2)CSC1. The summed E-state index contributed by atoms with van der Waals surface area (Å²) < 4.78 is 11.2. The summed E-state index contributed by atoms with van der Waals surface area (Å²) in [5.41, 5.74) is 2.49. The molecule has 0 unspecified atom stereocenters. The molecule has 2 rings (SSSR count). The Hall–Kier alpha value is -0.180. The fraction of sp³-hybridized carbons (Fsp3) is 0.700. The van der Waals surface area contributed by atoms with Crippen molar-refractivity contribution in [2.75, 3.05) is 46.0 Å². The van der Waals surface area contributed by atoms with Gasteiger partial charge < -0.3 is 9.47 Å². The Balaban J connectivity index is 1.54. The zero-order valence-electron chi connectivity index (χ0n) is 16.3. The summed E-state index contributed by atoms with van der Waals surface area (Å²) in [4.78, 5) is 24.1. The molecular weight excluding hydrogens is 432 g/mol. The maximum Gasteiger partial charge on any atom is 0.306 e. The van der Waals surface area contributed by atoms with E-state index in [2.05, 4.69) is 13.2 Å². The maximum atomic E-state index is 12.0. The Morgan fingerprint density at radius 1 is 0.714 bits per heavy atom. The summed E-state index contributed by atoms with van der Waals surface area (Å²) in [6, 6.07) is 0. The second-order valence-electron chi connectivity index (χ2n) is 6.99. The summed E-state index contributed by atoms with van der Waals surface area (Å²) in [6.45, 7) is 8.04. The first-order valence-corrected chi connectivity index (χ1v) is 14.2. The first-order chi connectivity index (χ1) is 13.5. The standard InChI is InChI=1S/C20H30O4S4/c1-15-7-25-11-17(12-26-8-15)23-19(21)5-3-4-6-20(22)24-18-13-27-9-16(2)10-28-14-18/h17-18H,1-14H2. The van der Waals surface area contributed by atoms with Crippen LogP contribution < -0.4 is 0 Å². The minimum Gasteiger partial charge on any atom is -0.461 e. The van der Waals surface area contributed by atoms with Crippen molar-refractivity contribution in [3.63, 3.8) is 0 Å². The van der Waals surface area contributed by atoms with Crippen molar-refractivity contribution < 1.29 is 19.1 Å². The lowest BCUT2D eigenvalue weighted by Crippen LogP contribution is -2.25. The van der Waals surface area contributed by atoms with Gasteiger partial charge in [-0.05, 0) is 12.8 Å². The molecule has 28 heavy (non-hydrogen) atoms. The van der Waals surface area contributed by atoms with Gasteiger partial charge in [0.1, 0.15) is 12.2 Å². The van der Waals surface area contributed by atoms with E-state index in [1.807, 2.05) is 0 Å². The molecule has 2 fully saturated rings. The van der Waals surface area contributed by atoms with Crippen molar-refractivity contribution in [1.29, 1.82) is 0 Å². The molecule has 2 aliphatic rings. The van der Waals surface area contributed by atoms with Gasteiger partial charge in [0.25, 0.3) is 0 Å². The van der Waals surface area contributed by atoms with E-state index in [1.165, 1.54) is 11.1 Å². The van der Waals surface area contributed by atoms with Crippen LogP contribution in [-0.4, -0.2) is 70.2 Å². The minimum absolute atomic E-state index is 0.0223. The van der Waals surface area contributed by atoms with Gasteiger partial charge in [-0.2, -0.15) is 47.0 Å². The van der Waals surface area contributed by atoms with Gasteiger partial charge in [-0.25, -0.2) is 0 Å². The summed E-state index contributed by atoms with van der Waals surface area (Å²) >= 11 is 7.12. The molecule has 8 heteroatoms. The fourth-order valence-corrected chi connectivity index (χ4v) is 7.07. The number of hydrogen-bond donors (Lipinski definition) is 0. The lowest BCUT2D eigenvalue weighted by atomic mass is 10.2. The molecule has 2 aliphatic heterocycles. The van der Waals surface area contributed by atoms with Gasteiger partial charge in [0.2, 0.25) is 0 Å². The van der Waals surface area contributed by atoms with Crippen molar-refractivity contribution >= 4 is 59.0 Å². The highest BCUT2D eigenvalue weighted by Gasteiger charge is 2.19. The molecule has 0 N–H and O–H groups in total. The Morgan fingerprint density at radius 2 is 1.04 bits per heavy atom. The molecule has 0 radical (unpaired) electrons. The monoisotopic (exact) mass is 462 g/mol. The molecular formula is C20H30O4S4. The molecule has 0 amide bonds. The van der Waals surface area contributed by atoms with Crippen molar-refractivity contribution in [2.24, 2.45) is 0 Å². The number of hydrogen-bond acceptors (Lipinski definition) is 8. The lowest BCUT2D eigenvalue weighted by molar-refractivity contribution is -0.149. The Morgan fingerprint density at radius 3 is 1.36 bits per heavy atom. The Labute approximate surface area is 185 Å². The molecule has 0 aromatic rings. The quantitative estimate of drug-likeness (QED) is 0.313. The van der Waals surface area contributed by atoms with Gasteiger partial charge >= 0.3 is 11.9 Å². The molecule has 0 bridgehead atoms. The van der Waals surface area contributed by atoms with E-state index in [0.717, 1.165) is 46.0 Å². The van der Waals surface area contributed by atoms with Crippen LogP contribution in [-0.2, 0) is 19.1 Å². The van der Waals surface area contributed by atoms with Gasteiger partial charge in [-0.15, -0.1) is 0 Å². The van der Waals surface area contributed by atoms with E-state index in [1.54, 1.807) is 47.0 Å². The number of carbonyl (C=O) groups is 2. The largest absolute Gasteiger partial charge is 0.461 e. The molecule has 2 heterocycles. The minimum atomic E-state index is -0.160. The van der Waals surface area contributed by atoms with Crippen molar-refractivity contribution in [3.05, 3.63) is 24.3 Å². The topological polar surface area (TPSA) is 52.6 Å². The summed E-state index contributed by atoms with van der Waals surface area (Å²) in [7, 11) is 0. The zero-order chi connectivity index (χ0) is 20.2. The zero-order valence-corrected chi connectivity index (χ0v) is 19.6. The third-order valence-electron chi connectivity index (χ3n) is 4.05. The number of unbranched alkanes of at least 4 members (excludes halogenated alkanes) is 1. The summed E-state index contributed by atoms with van der Waals surface area (Å²) in [6.07, 6.45) is 2.00. The van der Waals surface area contributed by atoms with Crippen LogP contribution in [0.25, 0.3) is 0 Å². The first-order valence-electron chi connectivity index (χ1n) is 9.56. The summed E-state index contributed by atoms with van der Waals surface area (Å²) in [5.74, 6) is 6.75. The van der Waals surface area contributed by atoms with E-state index in [4.69, 9.17) is 9.47 Å². The van der Waals surface area contributed by atoms with E-state index >= 15 is 0 Å². The first kappa shape index (κ1) is 24.1. The third kappa shape index (κ3) is 10.6. The predicted molar refractivity (Wildman–Crippen MR) is 126 cm³/mol. The van der Waals surface area contributed by atoms with Gasteiger partial charge in [-0.3, -0.25) is 9.59 Å². The van der Waals surface area contributed by atoms with Crippen molar-refractivity contribution in [3.8, 4) is 0 Å². The number of esters is 2. The molecule has 0 aromatic carbocycles. The van der Waals surface area contributed by atoms with Crippen LogP contribution in [0.15, 0.2) is 24.3 Å². The summed E-state index contributed by atoms with van der Waals surface area (Å²) in [5, 5.41) is 0. The molecule has 2 saturated heterocycles. The average Bonchev–Trinajstić information content (AvgIpc) is 2.61. The average molecular weight is 463 g/mol. The molecule has 0 aromatic heterocycles. The van der Waals surface area contributed by atoms with Crippen LogP contribution in [0.1, 0.15) is 25.7 Å². The highest BCUT2D eigenvalue weighted by atomic mass is 32.2. The molecule has 4 nitrogen and oxygen atoms in total. The van der Waals surface area contributed by atoms with E-state index < -0.39 is 0 Å². The van der Waals surface area contributed by atoms with Crippen LogP contribution >= 0.6 is 47.0 Å². The number of rotatable bonds is 7. The van der Waals surface area contributed by atoms with Crippen LogP contribution in [0.3, 0.4) is 0 Å². The maximum absolute atomic E-state index is 12.0. The lowest BCUT2D eigenvalue weighted by Gasteiger charge is -2.21.